The number of hydrogen-bond donors (Lipinski definition) is 3. The monoisotopic (exact) mass is 298 g/mol. The molecule has 1 aliphatic heterocycles. The van der Waals surface area contributed by atoms with E-state index >= 15 is 0 Å². The first-order chi connectivity index (χ1) is 10.1. The van der Waals surface area contributed by atoms with Crippen molar-refractivity contribution < 1.29 is 9.90 Å². The van der Waals surface area contributed by atoms with Crippen molar-refractivity contribution in [2.24, 2.45) is 0 Å². The Morgan fingerprint density at radius 2 is 1.57 bits per heavy atom. The molecule has 21 heavy (non-hydrogen) atoms. The van der Waals surface area contributed by atoms with Gasteiger partial charge in [0.1, 0.15) is 0 Å². The molecule has 1 saturated heterocycles. The number of rotatable bonds is 12. The van der Waals surface area contributed by atoms with Gasteiger partial charge in [-0.2, -0.15) is 0 Å². The van der Waals surface area contributed by atoms with Crippen molar-refractivity contribution in [3.8, 4) is 0 Å². The van der Waals surface area contributed by atoms with Crippen molar-refractivity contribution in [2.45, 2.75) is 96.2 Å². The molecule has 1 rings (SSSR count). The molecule has 0 aromatic carbocycles. The topological polar surface area (TPSA) is 61.4 Å². The largest absolute Gasteiger partial charge is 0.479 e. The molecule has 0 aromatic rings. The summed E-state index contributed by atoms with van der Waals surface area (Å²) in [5, 5.41) is 15.7. The zero-order valence-electron chi connectivity index (χ0n) is 13.9. The van der Waals surface area contributed by atoms with E-state index in [0.717, 1.165) is 19.4 Å². The molecule has 1 heterocycles. The Hall–Kier alpha value is -0.610. The predicted molar refractivity (Wildman–Crippen MR) is 87.4 cm³/mol. The van der Waals surface area contributed by atoms with Gasteiger partial charge in [0.05, 0.1) is 0 Å². The highest BCUT2D eigenvalue weighted by Gasteiger charge is 2.42. The molecule has 2 unspecified atom stereocenters. The van der Waals surface area contributed by atoms with E-state index in [9.17, 15) is 9.90 Å². The number of nitrogens with one attached hydrogen (secondary N) is 2. The van der Waals surface area contributed by atoms with Crippen molar-refractivity contribution in [1.82, 2.24) is 10.6 Å². The van der Waals surface area contributed by atoms with Gasteiger partial charge in [0, 0.05) is 12.6 Å². The Labute approximate surface area is 130 Å². The van der Waals surface area contributed by atoms with Gasteiger partial charge in [-0.15, -0.1) is 0 Å². The van der Waals surface area contributed by atoms with Gasteiger partial charge < -0.3 is 5.11 Å². The highest BCUT2D eigenvalue weighted by Crippen LogP contribution is 2.19. The van der Waals surface area contributed by atoms with E-state index < -0.39 is 11.6 Å². The second-order valence-electron chi connectivity index (χ2n) is 6.57. The smallest absolute Gasteiger partial charge is 0.338 e. The van der Waals surface area contributed by atoms with Crippen LogP contribution in [-0.2, 0) is 4.79 Å². The molecule has 124 valence electrons. The van der Waals surface area contributed by atoms with Crippen LogP contribution in [0.15, 0.2) is 0 Å². The van der Waals surface area contributed by atoms with Gasteiger partial charge in [0.25, 0.3) is 0 Å². The first-order valence-corrected chi connectivity index (χ1v) is 8.87. The number of carbonyl (C=O) groups is 1. The Morgan fingerprint density at radius 1 is 1.05 bits per heavy atom. The number of carboxylic acid groups (broad SMARTS) is 1. The second-order valence-corrected chi connectivity index (χ2v) is 6.57. The Morgan fingerprint density at radius 3 is 2.00 bits per heavy atom. The first-order valence-electron chi connectivity index (χ1n) is 8.87. The molecule has 1 aliphatic rings. The summed E-state index contributed by atoms with van der Waals surface area (Å²) in [6.07, 6.45) is 13.5. The van der Waals surface area contributed by atoms with Crippen LogP contribution in [0.1, 0.15) is 84.5 Å². The van der Waals surface area contributed by atoms with Crippen molar-refractivity contribution in [3.05, 3.63) is 0 Å². The molecule has 1 fully saturated rings. The number of hydrogen-bond acceptors (Lipinski definition) is 3. The zero-order valence-corrected chi connectivity index (χ0v) is 13.9. The van der Waals surface area contributed by atoms with Gasteiger partial charge in [-0.1, -0.05) is 64.7 Å². The van der Waals surface area contributed by atoms with Gasteiger partial charge in [-0.05, 0) is 19.8 Å². The molecule has 0 aromatic heterocycles. The van der Waals surface area contributed by atoms with Gasteiger partial charge in [-0.25, -0.2) is 4.79 Å². The molecular weight excluding hydrogens is 264 g/mol. The van der Waals surface area contributed by atoms with E-state index in [2.05, 4.69) is 17.6 Å². The van der Waals surface area contributed by atoms with Crippen LogP contribution in [0.3, 0.4) is 0 Å². The predicted octanol–water partition coefficient (Wildman–Crippen LogP) is 3.66. The average Bonchev–Trinajstić information content (AvgIpc) is 2.84. The fraction of sp³-hybridized carbons (Fsp3) is 0.941. The normalized spacial score (nSPS) is 25.3. The minimum Gasteiger partial charge on any atom is -0.479 e. The minimum absolute atomic E-state index is 0.240. The summed E-state index contributed by atoms with van der Waals surface area (Å²) in [5.74, 6) is -0.761. The molecule has 2 atom stereocenters. The van der Waals surface area contributed by atoms with Crippen molar-refractivity contribution in [3.63, 3.8) is 0 Å². The van der Waals surface area contributed by atoms with Crippen molar-refractivity contribution in [2.75, 3.05) is 6.54 Å². The summed E-state index contributed by atoms with van der Waals surface area (Å²) >= 11 is 0. The SMILES string of the molecule is CCCCCCCCCCCCC1(C(=O)O)NCC(C)N1. The van der Waals surface area contributed by atoms with Crippen LogP contribution in [-0.4, -0.2) is 29.3 Å². The standard InChI is InChI=1S/C17H34N2O2/c1-3-4-5-6-7-8-9-10-11-12-13-17(16(20)21)18-14-15(2)19-17/h15,18-19H,3-14H2,1-2H3,(H,20,21). The maximum absolute atomic E-state index is 11.4. The second kappa shape index (κ2) is 10.2. The van der Waals surface area contributed by atoms with Crippen LogP contribution in [0, 0.1) is 0 Å². The third-order valence-electron chi connectivity index (χ3n) is 4.47. The van der Waals surface area contributed by atoms with E-state index in [1.54, 1.807) is 0 Å². The third-order valence-corrected chi connectivity index (χ3v) is 4.47. The lowest BCUT2D eigenvalue weighted by Crippen LogP contribution is -2.56. The lowest BCUT2D eigenvalue weighted by Gasteiger charge is -2.25. The molecule has 0 spiro atoms. The molecule has 0 bridgehead atoms. The lowest BCUT2D eigenvalue weighted by molar-refractivity contribution is -0.145. The lowest BCUT2D eigenvalue weighted by atomic mass is 10.0. The summed E-state index contributed by atoms with van der Waals surface area (Å²) in [6, 6.07) is 0.240. The molecule has 0 saturated carbocycles. The van der Waals surface area contributed by atoms with Gasteiger partial charge in [0.15, 0.2) is 5.66 Å². The van der Waals surface area contributed by atoms with Gasteiger partial charge in [0.2, 0.25) is 0 Å². The van der Waals surface area contributed by atoms with E-state index in [1.165, 1.54) is 51.4 Å². The quantitative estimate of drug-likeness (QED) is 0.481. The van der Waals surface area contributed by atoms with Crippen LogP contribution in [0.25, 0.3) is 0 Å². The molecule has 3 N–H and O–H groups in total. The van der Waals surface area contributed by atoms with E-state index in [4.69, 9.17) is 0 Å². The van der Waals surface area contributed by atoms with Crippen LogP contribution >= 0.6 is 0 Å². The zero-order chi connectivity index (χ0) is 15.6. The number of aliphatic carboxylic acids is 1. The van der Waals surface area contributed by atoms with Crippen molar-refractivity contribution in [1.29, 1.82) is 0 Å². The third kappa shape index (κ3) is 6.79. The van der Waals surface area contributed by atoms with Crippen LogP contribution < -0.4 is 10.6 Å². The van der Waals surface area contributed by atoms with E-state index in [1.807, 2.05) is 6.92 Å². The summed E-state index contributed by atoms with van der Waals surface area (Å²) < 4.78 is 0. The van der Waals surface area contributed by atoms with Crippen molar-refractivity contribution >= 4 is 5.97 Å². The maximum Gasteiger partial charge on any atom is 0.338 e. The average molecular weight is 298 g/mol. The molecule has 4 nitrogen and oxygen atoms in total. The summed E-state index contributed by atoms with van der Waals surface area (Å²) in [4.78, 5) is 11.4. The van der Waals surface area contributed by atoms with Gasteiger partial charge >= 0.3 is 5.97 Å². The number of carboxylic acids is 1. The number of unbranched alkanes of at least 4 members (excludes halogenated alkanes) is 9. The Kier molecular flexibility index (Phi) is 8.93. The van der Waals surface area contributed by atoms with E-state index in [0.29, 0.717) is 6.42 Å². The maximum atomic E-state index is 11.4. The molecule has 0 radical (unpaired) electrons. The Bertz CT molecular complexity index is 297. The summed E-state index contributed by atoms with van der Waals surface area (Å²) in [6.45, 7) is 5.01. The highest BCUT2D eigenvalue weighted by molar-refractivity contribution is 5.78. The highest BCUT2D eigenvalue weighted by atomic mass is 16.4. The molecular formula is C17H34N2O2. The molecule has 4 heteroatoms. The Balaban J connectivity index is 2.01. The molecule has 0 aliphatic carbocycles. The van der Waals surface area contributed by atoms with E-state index in [-0.39, 0.29) is 6.04 Å². The van der Waals surface area contributed by atoms with Crippen LogP contribution in [0.2, 0.25) is 0 Å². The molecule has 0 amide bonds. The fourth-order valence-electron chi connectivity index (χ4n) is 3.13. The van der Waals surface area contributed by atoms with Crippen LogP contribution in [0.4, 0.5) is 0 Å². The first kappa shape index (κ1) is 18.4. The fourth-order valence-corrected chi connectivity index (χ4v) is 3.13. The summed E-state index contributed by atoms with van der Waals surface area (Å²) in [5.41, 5.74) is -0.875. The minimum atomic E-state index is -0.875. The van der Waals surface area contributed by atoms with Crippen LogP contribution in [0.5, 0.6) is 0 Å². The summed E-state index contributed by atoms with van der Waals surface area (Å²) in [7, 11) is 0. The van der Waals surface area contributed by atoms with Gasteiger partial charge in [-0.3, -0.25) is 10.6 Å².